The second-order valence-electron chi connectivity index (χ2n) is 1.80. The van der Waals surface area contributed by atoms with Gasteiger partial charge in [-0.05, 0) is 0 Å². The molecule has 0 aromatic rings. The van der Waals surface area contributed by atoms with Crippen LogP contribution in [0.1, 0.15) is 0 Å². The lowest BCUT2D eigenvalue weighted by atomic mass is 10.3. The van der Waals surface area contributed by atoms with E-state index in [9.17, 15) is 13.6 Å². The molecule has 52 valence electrons. The van der Waals surface area contributed by atoms with Crippen LogP contribution in [0, 0.1) is 0 Å². The molecule has 1 atom stereocenters. The molecule has 0 aliphatic carbocycles. The highest BCUT2D eigenvalue weighted by Gasteiger charge is 2.27. The Bertz CT molecular complexity index is 128. The van der Waals surface area contributed by atoms with Crippen molar-refractivity contribution in [3.8, 4) is 0 Å². The molecule has 0 radical (unpaired) electrons. The third kappa shape index (κ3) is 1.28. The number of rotatable bonds is 1. The van der Waals surface area contributed by atoms with Gasteiger partial charge in [0.2, 0.25) is 0 Å². The highest BCUT2D eigenvalue weighted by molar-refractivity contribution is 5.76. The molecule has 0 spiro atoms. The van der Waals surface area contributed by atoms with Crippen LogP contribution in [0.2, 0.25) is 0 Å². The second-order valence-corrected chi connectivity index (χ2v) is 1.80. The Morgan fingerprint density at radius 3 is 2.56 bits per heavy atom. The number of amides is 2. The maximum Gasteiger partial charge on any atom is 0.315 e. The van der Waals surface area contributed by atoms with Gasteiger partial charge in [-0.2, -0.15) is 0 Å². The van der Waals surface area contributed by atoms with Gasteiger partial charge in [0.05, 0.1) is 0 Å². The third-order valence-electron chi connectivity index (χ3n) is 1.10. The van der Waals surface area contributed by atoms with Gasteiger partial charge >= 0.3 is 6.03 Å². The maximum absolute atomic E-state index is 11.7. The van der Waals surface area contributed by atoms with E-state index in [1.807, 2.05) is 0 Å². The van der Waals surface area contributed by atoms with Crippen LogP contribution in [0.5, 0.6) is 0 Å². The molecule has 1 fully saturated rings. The first-order valence-corrected chi connectivity index (χ1v) is 2.52. The average Bonchev–Trinajstić information content (AvgIpc) is 2.14. The Kier molecular flexibility index (Phi) is 1.50. The molecule has 5 heteroatoms. The van der Waals surface area contributed by atoms with E-state index in [0.717, 1.165) is 0 Å². The zero-order valence-corrected chi connectivity index (χ0v) is 4.53. The Hall–Kier alpha value is -0.870. The molecule has 3 nitrogen and oxygen atoms in total. The smallest absolute Gasteiger partial charge is 0.315 e. The minimum Gasteiger partial charge on any atom is -0.336 e. The summed E-state index contributed by atoms with van der Waals surface area (Å²) in [5.74, 6) is 0. The van der Waals surface area contributed by atoms with Gasteiger partial charge in [-0.25, -0.2) is 13.6 Å². The second kappa shape index (κ2) is 2.16. The highest BCUT2D eigenvalue weighted by Crippen LogP contribution is 2.02. The Morgan fingerprint density at radius 2 is 2.33 bits per heavy atom. The zero-order chi connectivity index (χ0) is 6.85. The van der Waals surface area contributed by atoms with E-state index < -0.39 is 18.5 Å². The molecular formula is C4H6F2N2O. The van der Waals surface area contributed by atoms with Gasteiger partial charge in [0.15, 0.2) is 0 Å². The fourth-order valence-electron chi connectivity index (χ4n) is 0.625. The van der Waals surface area contributed by atoms with Crippen molar-refractivity contribution in [1.29, 1.82) is 0 Å². The lowest BCUT2D eigenvalue weighted by Crippen LogP contribution is -2.32. The van der Waals surface area contributed by atoms with Crippen LogP contribution in [-0.4, -0.2) is 25.0 Å². The molecule has 9 heavy (non-hydrogen) atoms. The summed E-state index contributed by atoms with van der Waals surface area (Å²) in [6.07, 6.45) is -2.47. The summed E-state index contributed by atoms with van der Waals surface area (Å²) in [6.45, 7) is 0.0243. The van der Waals surface area contributed by atoms with Gasteiger partial charge in [-0.15, -0.1) is 0 Å². The summed E-state index contributed by atoms with van der Waals surface area (Å²) >= 11 is 0. The van der Waals surface area contributed by atoms with Crippen LogP contribution in [0.3, 0.4) is 0 Å². The quantitative estimate of drug-likeness (QED) is 0.520. The van der Waals surface area contributed by atoms with Crippen molar-refractivity contribution < 1.29 is 13.6 Å². The SMILES string of the molecule is O=C1NC[C@@H](C(F)F)N1. The van der Waals surface area contributed by atoms with Crippen LogP contribution < -0.4 is 10.6 Å². The number of hydrogen-bond acceptors (Lipinski definition) is 1. The van der Waals surface area contributed by atoms with Crippen molar-refractivity contribution in [3.63, 3.8) is 0 Å². The Balaban J connectivity index is 2.39. The average molecular weight is 136 g/mol. The molecule has 2 N–H and O–H groups in total. The van der Waals surface area contributed by atoms with Crippen molar-refractivity contribution in [2.75, 3.05) is 6.54 Å². The van der Waals surface area contributed by atoms with Gasteiger partial charge in [-0.3, -0.25) is 0 Å². The first-order valence-electron chi connectivity index (χ1n) is 2.52. The molecule has 1 aliphatic heterocycles. The van der Waals surface area contributed by atoms with Crippen LogP contribution in [0.15, 0.2) is 0 Å². The summed E-state index contributed by atoms with van der Waals surface area (Å²) in [4.78, 5) is 10.2. The molecule has 2 amide bonds. The van der Waals surface area contributed by atoms with E-state index >= 15 is 0 Å². The normalized spacial score (nSPS) is 26.1. The Labute approximate surface area is 50.4 Å². The third-order valence-corrected chi connectivity index (χ3v) is 1.10. The predicted octanol–water partition coefficient (Wildman–Crippen LogP) is -0.0671. The standard InChI is InChI=1S/C4H6F2N2O/c5-3(6)2-1-7-4(9)8-2/h2-3H,1H2,(H2,7,8,9)/t2-/m0/s1. The lowest BCUT2D eigenvalue weighted by Gasteiger charge is -2.03. The minimum absolute atomic E-state index is 0.0243. The lowest BCUT2D eigenvalue weighted by molar-refractivity contribution is 0.113. The number of carbonyl (C=O) groups is 1. The summed E-state index contributed by atoms with van der Waals surface area (Å²) in [5.41, 5.74) is 0. The summed E-state index contributed by atoms with van der Waals surface area (Å²) in [7, 11) is 0. The molecule has 1 heterocycles. The summed E-state index contributed by atoms with van der Waals surface area (Å²) < 4.78 is 23.3. The van der Waals surface area contributed by atoms with E-state index in [1.165, 1.54) is 0 Å². The monoisotopic (exact) mass is 136 g/mol. The summed E-state index contributed by atoms with van der Waals surface area (Å²) in [6, 6.07) is -1.52. The van der Waals surface area contributed by atoms with Crippen molar-refractivity contribution in [3.05, 3.63) is 0 Å². The van der Waals surface area contributed by atoms with Gasteiger partial charge < -0.3 is 10.6 Å². The first kappa shape index (κ1) is 6.25. The molecule has 1 aliphatic rings. The number of nitrogens with one attached hydrogen (secondary N) is 2. The van der Waals surface area contributed by atoms with Gasteiger partial charge in [0.25, 0.3) is 6.43 Å². The van der Waals surface area contributed by atoms with E-state index in [1.54, 1.807) is 0 Å². The number of hydrogen-bond donors (Lipinski definition) is 2. The molecule has 0 unspecified atom stereocenters. The van der Waals surface area contributed by atoms with Gasteiger partial charge in [-0.1, -0.05) is 0 Å². The van der Waals surface area contributed by atoms with Gasteiger partial charge in [0, 0.05) is 6.54 Å². The number of carbonyl (C=O) groups excluding carboxylic acids is 1. The highest BCUT2D eigenvalue weighted by atomic mass is 19.3. The van der Waals surface area contributed by atoms with Crippen molar-refractivity contribution >= 4 is 6.03 Å². The number of halogens is 2. The van der Waals surface area contributed by atoms with Crippen molar-refractivity contribution in [2.45, 2.75) is 12.5 Å². The van der Waals surface area contributed by atoms with E-state index in [0.29, 0.717) is 0 Å². The molecule has 0 aromatic heterocycles. The van der Waals surface area contributed by atoms with Crippen molar-refractivity contribution in [1.82, 2.24) is 10.6 Å². The predicted molar refractivity (Wildman–Crippen MR) is 26.3 cm³/mol. The largest absolute Gasteiger partial charge is 0.336 e. The fourth-order valence-corrected chi connectivity index (χ4v) is 0.625. The number of alkyl halides is 2. The van der Waals surface area contributed by atoms with E-state index in [2.05, 4.69) is 10.6 Å². The first-order chi connectivity index (χ1) is 4.20. The van der Waals surface area contributed by atoms with Gasteiger partial charge in [0.1, 0.15) is 6.04 Å². The van der Waals surface area contributed by atoms with E-state index in [-0.39, 0.29) is 6.54 Å². The summed E-state index contributed by atoms with van der Waals surface area (Å²) in [5, 5.41) is 4.27. The van der Waals surface area contributed by atoms with E-state index in [4.69, 9.17) is 0 Å². The van der Waals surface area contributed by atoms with Crippen molar-refractivity contribution in [2.24, 2.45) is 0 Å². The molecular weight excluding hydrogens is 130 g/mol. The fraction of sp³-hybridized carbons (Fsp3) is 0.750. The number of urea groups is 1. The molecule has 1 rings (SSSR count). The molecule has 1 saturated heterocycles. The molecule has 0 bridgehead atoms. The topological polar surface area (TPSA) is 41.1 Å². The minimum atomic E-state index is -2.47. The zero-order valence-electron chi connectivity index (χ0n) is 4.53. The van der Waals surface area contributed by atoms with Crippen LogP contribution in [0.25, 0.3) is 0 Å². The Morgan fingerprint density at radius 1 is 1.67 bits per heavy atom. The van der Waals surface area contributed by atoms with Crippen LogP contribution >= 0.6 is 0 Å². The molecule has 0 saturated carbocycles. The molecule has 0 aromatic carbocycles. The van der Waals surface area contributed by atoms with Crippen LogP contribution in [-0.2, 0) is 0 Å². The maximum atomic E-state index is 11.7. The van der Waals surface area contributed by atoms with Crippen LogP contribution in [0.4, 0.5) is 13.6 Å².